The molecular weight excluding hydrogens is 476 g/mol. The Morgan fingerprint density at radius 2 is 1.37 bits per heavy atom. The number of phenolic OH excluding ortho intramolecular Hbond substituents is 2. The maximum Gasteiger partial charge on any atom is 0.335 e. The van der Waals surface area contributed by atoms with Crippen molar-refractivity contribution in [3.05, 3.63) is 17.7 Å². The van der Waals surface area contributed by atoms with Crippen molar-refractivity contribution in [1.82, 2.24) is 0 Å². The van der Waals surface area contributed by atoms with Gasteiger partial charge in [0.05, 0.1) is 5.56 Å². The number of phenols is 2. The first-order valence-electron chi connectivity index (χ1n) is 10.1. The van der Waals surface area contributed by atoms with E-state index in [0.29, 0.717) is 0 Å². The van der Waals surface area contributed by atoms with Crippen molar-refractivity contribution in [2.24, 2.45) is 0 Å². The van der Waals surface area contributed by atoms with Crippen LogP contribution >= 0.6 is 0 Å². The van der Waals surface area contributed by atoms with Gasteiger partial charge in [-0.1, -0.05) is 0 Å². The molecule has 1 heterocycles. The Morgan fingerprint density at radius 1 is 0.829 bits per heavy atom. The molecule has 2 rings (SSSR count). The Balaban J connectivity index is 2.57. The Labute approximate surface area is 198 Å². The summed E-state index contributed by atoms with van der Waals surface area (Å²) in [6, 6.07) is 1.61. The van der Waals surface area contributed by atoms with Crippen LogP contribution in [0.3, 0.4) is 0 Å². The van der Waals surface area contributed by atoms with Gasteiger partial charge in [0.25, 0.3) is 0 Å². The number of esters is 4. The topological polar surface area (TPSA) is 201 Å². The molecule has 192 valence electrons. The summed E-state index contributed by atoms with van der Waals surface area (Å²) in [7, 11) is 0. The number of aromatic carboxylic acids is 1. The molecule has 1 aliphatic rings. The molecule has 1 unspecified atom stereocenters. The van der Waals surface area contributed by atoms with Crippen LogP contribution in [-0.4, -0.2) is 82.5 Å². The van der Waals surface area contributed by atoms with Crippen LogP contribution in [0.15, 0.2) is 12.1 Å². The lowest BCUT2D eigenvalue weighted by Crippen LogP contribution is -2.63. The summed E-state index contributed by atoms with van der Waals surface area (Å²) in [5, 5.41) is 29.3. The molecule has 1 aromatic carbocycles. The quantitative estimate of drug-likeness (QED) is 0.249. The van der Waals surface area contributed by atoms with Crippen LogP contribution in [0.1, 0.15) is 38.1 Å². The molecule has 1 aromatic rings. The van der Waals surface area contributed by atoms with E-state index in [2.05, 4.69) is 0 Å². The zero-order valence-corrected chi connectivity index (χ0v) is 19.1. The van der Waals surface area contributed by atoms with Gasteiger partial charge in [0.2, 0.25) is 18.1 Å². The average molecular weight is 500 g/mol. The standard InChI is InChI=1S/C21H24O14/c1-8(22)30-7-15-17(31-9(2)23)18(32-10(3)24)19(33-11(4)25)21(35-15)34-14-6-12(20(28)29)5-13(26)16(14)27/h5-6,15,17-19,21,26-27H,7H2,1-4H3,(H,28,29)/t15-,17-,18+,19-,21?/m1/s1. The van der Waals surface area contributed by atoms with Crippen molar-refractivity contribution in [3.8, 4) is 17.2 Å². The maximum atomic E-state index is 11.8. The van der Waals surface area contributed by atoms with Crippen LogP contribution in [0.2, 0.25) is 0 Å². The van der Waals surface area contributed by atoms with Gasteiger partial charge in [-0.3, -0.25) is 19.2 Å². The second kappa shape index (κ2) is 11.4. The van der Waals surface area contributed by atoms with Gasteiger partial charge in [-0.2, -0.15) is 0 Å². The van der Waals surface area contributed by atoms with Gasteiger partial charge in [0.15, 0.2) is 23.7 Å². The van der Waals surface area contributed by atoms with Gasteiger partial charge in [0.1, 0.15) is 12.7 Å². The second-order valence-corrected chi connectivity index (χ2v) is 7.33. The molecule has 35 heavy (non-hydrogen) atoms. The molecule has 1 aliphatic heterocycles. The van der Waals surface area contributed by atoms with E-state index >= 15 is 0 Å². The van der Waals surface area contributed by atoms with Crippen LogP contribution < -0.4 is 4.74 Å². The largest absolute Gasteiger partial charge is 0.504 e. The van der Waals surface area contributed by atoms with Gasteiger partial charge in [-0.15, -0.1) is 0 Å². The second-order valence-electron chi connectivity index (χ2n) is 7.33. The number of hydrogen-bond donors (Lipinski definition) is 3. The molecule has 14 heteroatoms. The molecular formula is C21H24O14. The Morgan fingerprint density at radius 3 is 1.89 bits per heavy atom. The summed E-state index contributed by atoms with van der Waals surface area (Å²) in [6.45, 7) is 3.67. The van der Waals surface area contributed by atoms with Crippen molar-refractivity contribution in [3.63, 3.8) is 0 Å². The Hall–Kier alpha value is -4.07. The molecule has 0 bridgehead atoms. The van der Waals surface area contributed by atoms with E-state index in [1.165, 1.54) is 0 Å². The number of carboxylic acid groups (broad SMARTS) is 1. The minimum absolute atomic E-state index is 0.471. The van der Waals surface area contributed by atoms with Gasteiger partial charge >= 0.3 is 29.8 Å². The highest BCUT2D eigenvalue weighted by Crippen LogP contribution is 2.39. The Bertz CT molecular complexity index is 1000. The van der Waals surface area contributed by atoms with E-state index in [1.54, 1.807) is 0 Å². The fourth-order valence-corrected chi connectivity index (χ4v) is 3.22. The number of aromatic hydroxyl groups is 2. The zero-order chi connectivity index (χ0) is 26.4. The minimum atomic E-state index is -1.73. The van der Waals surface area contributed by atoms with Crippen molar-refractivity contribution in [1.29, 1.82) is 0 Å². The van der Waals surface area contributed by atoms with E-state index < -0.39 is 90.0 Å². The lowest BCUT2D eigenvalue weighted by atomic mass is 9.98. The molecule has 0 aromatic heterocycles. The molecule has 0 radical (unpaired) electrons. The van der Waals surface area contributed by atoms with Crippen LogP contribution in [-0.2, 0) is 42.9 Å². The van der Waals surface area contributed by atoms with Gasteiger partial charge < -0.3 is 43.7 Å². The lowest BCUT2D eigenvalue weighted by Gasteiger charge is -2.43. The van der Waals surface area contributed by atoms with Crippen molar-refractivity contribution in [2.75, 3.05) is 6.61 Å². The highest BCUT2D eigenvalue weighted by Gasteiger charge is 2.53. The molecule has 0 spiro atoms. The molecule has 3 N–H and O–H groups in total. The van der Waals surface area contributed by atoms with Crippen LogP contribution in [0.4, 0.5) is 0 Å². The first-order chi connectivity index (χ1) is 16.3. The van der Waals surface area contributed by atoms with E-state index in [-0.39, 0.29) is 0 Å². The van der Waals surface area contributed by atoms with E-state index in [9.17, 15) is 39.3 Å². The molecule has 14 nitrogen and oxygen atoms in total. The number of carbonyl (C=O) groups is 5. The van der Waals surface area contributed by atoms with Crippen LogP contribution in [0.25, 0.3) is 0 Å². The minimum Gasteiger partial charge on any atom is -0.504 e. The first kappa shape index (κ1) is 27.2. The highest BCUT2D eigenvalue weighted by molar-refractivity contribution is 5.89. The first-order valence-corrected chi connectivity index (χ1v) is 10.1. The number of benzene rings is 1. The highest BCUT2D eigenvalue weighted by atomic mass is 16.7. The third-order valence-corrected chi connectivity index (χ3v) is 4.49. The summed E-state index contributed by atoms with van der Waals surface area (Å²) in [5.41, 5.74) is -0.471. The molecule has 0 amide bonds. The maximum absolute atomic E-state index is 11.8. The van der Waals surface area contributed by atoms with E-state index in [1.807, 2.05) is 0 Å². The fourth-order valence-electron chi connectivity index (χ4n) is 3.22. The van der Waals surface area contributed by atoms with Crippen molar-refractivity contribution < 1.29 is 67.7 Å². The molecule has 5 atom stereocenters. The SMILES string of the molecule is CC(=O)OC[C@H]1OC(Oc2cc(C(=O)O)cc(O)c2O)[C@H](OC(C)=O)[C@@H](OC(C)=O)[C@@H]1OC(C)=O. The smallest absolute Gasteiger partial charge is 0.335 e. The summed E-state index contributed by atoms with van der Waals surface area (Å²) >= 11 is 0. The number of hydrogen-bond acceptors (Lipinski definition) is 13. The van der Waals surface area contributed by atoms with Crippen molar-refractivity contribution in [2.45, 2.75) is 58.4 Å². The monoisotopic (exact) mass is 500 g/mol. The molecule has 0 aliphatic carbocycles. The van der Waals surface area contributed by atoms with Crippen molar-refractivity contribution >= 4 is 29.8 Å². The number of carboxylic acids is 1. The lowest BCUT2D eigenvalue weighted by molar-refractivity contribution is -0.288. The number of ether oxygens (including phenoxy) is 6. The molecule has 0 saturated carbocycles. The summed E-state index contributed by atoms with van der Waals surface area (Å²) in [5.74, 6) is -7.10. The fraction of sp³-hybridized carbons (Fsp3) is 0.476. The number of carbonyl (C=O) groups excluding carboxylic acids is 4. The van der Waals surface area contributed by atoms with Crippen LogP contribution in [0, 0.1) is 0 Å². The van der Waals surface area contributed by atoms with Gasteiger partial charge in [0, 0.05) is 27.7 Å². The van der Waals surface area contributed by atoms with E-state index in [0.717, 1.165) is 39.8 Å². The van der Waals surface area contributed by atoms with Gasteiger partial charge in [-0.05, 0) is 12.1 Å². The normalized spacial score (nSPS) is 23.5. The van der Waals surface area contributed by atoms with E-state index in [4.69, 9.17) is 28.4 Å². The molecule has 1 fully saturated rings. The van der Waals surface area contributed by atoms with Gasteiger partial charge in [-0.25, -0.2) is 4.79 Å². The predicted octanol–water partition coefficient (Wildman–Crippen LogP) is 0.258. The third kappa shape index (κ3) is 7.20. The molecule has 1 saturated heterocycles. The summed E-state index contributed by atoms with van der Waals surface area (Å²) in [6.07, 6.45) is -7.66. The summed E-state index contributed by atoms with van der Waals surface area (Å²) < 4.78 is 31.8. The number of rotatable bonds is 8. The van der Waals surface area contributed by atoms with Crippen LogP contribution in [0.5, 0.6) is 17.2 Å². The third-order valence-electron chi connectivity index (χ3n) is 4.49. The zero-order valence-electron chi connectivity index (χ0n) is 19.1. The Kier molecular flexibility index (Phi) is 8.83. The summed E-state index contributed by atoms with van der Waals surface area (Å²) in [4.78, 5) is 58.1. The predicted molar refractivity (Wildman–Crippen MR) is 109 cm³/mol. The average Bonchev–Trinajstić information content (AvgIpc) is 2.72.